The maximum absolute atomic E-state index is 7.57. The molecule has 0 aromatic rings. The Hall–Kier alpha value is 0.354. The Labute approximate surface area is 117 Å². The van der Waals surface area contributed by atoms with E-state index in [2.05, 4.69) is 67.7 Å². The highest BCUT2D eigenvalue weighted by Gasteiger charge is 2.46. The second-order valence-electron chi connectivity index (χ2n) is 7.94. The zero-order valence-corrected chi connectivity index (χ0v) is 16.6. The van der Waals surface area contributed by atoms with Crippen LogP contribution >= 0.6 is 0 Å². The molecule has 0 spiro atoms. The van der Waals surface area contributed by atoms with Crippen molar-refractivity contribution in [2.75, 3.05) is 6.61 Å². The zero-order chi connectivity index (χ0) is 15.4. The maximum atomic E-state index is 7.57. The summed E-state index contributed by atoms with van der Waals surface area (Å²) >= 11 is 0. The Bertz CT molecular complexity index is 211. The lowest BCUT2D eigenvalue weighted by Crippen LogP contribution is -2.53. The molecule has 2 nitrogen and oxygen atoms in total. The summed E-state index contributed by atoms with van der Waals surface area (Å²) < 4.78 is 6.63. The molecule has 0 aliphatic heterocycles. The quantitative estimate of drug-likeness (QED) is 0.725. The Kier molecular flexibility index (Phi) is 7.67. The molecule has 112 valence electrons. The van der Waals surface area contributed by atoms with Gasteiger partial charge in [-0.05, 0) is 43.2 Å². The fourth-order valence-corrected chi connectivity index (χ4v) is 8.50. The minimum absolute atomic E-state index is 0.250. The fraction of sp³-hybridized carbons (Fsp3) is 1.00. The number of aliphatic hydroxyl groups is 1. The topological polar surface area (TPSA) is 29.5 Å². The third kappa shape index (κ3) is 6.50. The molecule has 18 heavy (non-hydrogen) atoms. The fourth-order valence-electron chi connectivity index (χ4n) is 0.944. The lowest BCUT2D eigenvalue weighted by Gasteiger charge is -2.47. The standard InChI is InChI=1S/C12H30OSi2.C2H6O/c1-11(2,3)14(7,8)13-15(9,10)12(4,5)6;1-2-3/h1-10H3;3H,2H2,1H3. The molecular weight excluding hydrogens is 256 g/mol. The van der Waals surface area contributed by atoms with Gasteiger partial charge in [0.2, 0.25) is 0 Å². The Morgan fingerprint density at radius 1 is 0.778 bits per heavy atom. The largest absolute Gasteiger partial charge is 0.455 e. The van der Waals surface area contributed by atoms with E-state index in [4.69, 9.17) is 9.22 Å². The van der Waals surface area contributed by atoms with Crippen molar-refractivity contribution in [2.45, 2.75) is 84.7 Å². The van der Waals surface area contributed by atoms with Gasteiger partial charge in [-0.3, -0.25) is 0 Å². The summed E-state index contributed by atoms with van der Waals surface area (Å²) in [6.45, 7) is 25.2. The van der Waals surface area contributed by atoms with E-state index in [0.717, 1.165) is 0 Å². The molecule has 4 heteroatoms. The molecule has 0 saturated heterocycles. The van der Waals surface area contributed by atoms with E-state index in [0.29, 0.717) is 10.1 Å². The van der Waals surface area contributed by atoms with Crippen molar-refractivity contribution in [1.29, 1.82) is 0 Å². The molecule has 0 aliphatic carbocycles. The first-order valence-corrected chi connectivity index (χ1v) is 12.7. The van der Waals surface area contributed by atoms with Crippen molar-refractivity contribution in [1.82, 2.24) is 0 Å². The first-order valence-electron chi connectivity index (χ1n) is 6.93. The predicted molar refractivity (Wildman–Crippen MR) is 88.2 cm³/mol. The summed E-state index contributed by atoms with van der Waals surface area (Å²) in [4.78, 5) is 0. The van der Waals surface area contributed by atoms with Crippen LogP contribution < -0.4 is 0 Å². The predicted octanol–water partition coefficient (Wildman–Crippen LogP) is 5.01. The molecule has 0 bridgehead atoms. The lowest BCUT2D eigenvalue weighted by molar-refractivity contribution is 0.318. The Morgan fingerprint density at radius 2 is 0.944 bits per heavy atom. The third-order valence-electron chi connectivity index (χ3n) is 4.12. The van der Waals surface area contributed by atoms with Crippen LogP contribution in [0.4, 0.5) is 0 Å². The zero-order valence-electron chi connectivity index (χ0n) is 14.6. The van der Waals surface area contributed by atoms with Crippen molar-refractivity contribution in [3.05, 3.63) is 0 Å². The molecule has 0 rings (SSSR count). The summed E-state index contributed by atoms with van der Waals surface area (Å²) in [7, 11) is -3.18. The molecular formula is C14H36O2Si2. The molecule has 0 amide bonds. The smallest absolute Gasteiger partial charge is 0.178 e. The summed E-state index contributed by atoms with van der Waals surface area (Å²) in [5.74, 6) is 0. The van der Waals surface area contributed by atoms with Gasteiger partial charge in [-0.25, -0.2) is 0 Å². The molecule has 1 N–H and O–H groups in total. The van der Waals surface area contributed by atoms with Crippen LogP contribution in [0.2, 0.25) is 36.3 Å². The first kappa shape index (κ1) is 20.7. The van der Waals surface area contributed by atoms with Gasteiger partial charge in [0, 0.05) is 6.61 Å². The van der Waals surface area contributed by atoms with Gasteiger partial charge in [0.15, 0.2) is 16.6 Å². The van der Waals surface area contributed by atoms with Crippen molar-refractivity contribution in [2.24, 2.45) is 0 Å². The number of hydrogen-bond acceptors (Lipinski definition) is 2. The van der Waals surface area contributed by atoms with Gasteiger partial charge in [-0.1, -0.05) is 41.5 Å². The SMILES string of the molecule is CC(C)(C)[Si](C)(C)O[Si](C)(C)C(C)(C)C.CCO. The molecule has 0 unspecified atom stereocenters. The number of hydrogen-bond donors (Lipinski definition) is 1. The number of rotatable bonds is 2. The van der Waals surface area contributed by atoms with Crippen molar-refractivity contribution in [3.8, 4) is 0 Å². The van der Waals surface area contributed by atoms with Gasteiger partial charge in [0.25, 0.3) is 0 Å². The molecule has 0 atom stereocenters. The summed E-state index contributed by atoms with van der Waals surface area (Å²) in [5, 5.41) is 8.21. The second-order valence-corrected chi connectivity index (χ2v) is 17.8. The van der Waals surface area contributed by atoms with E-state index in [1.54, 1.807) is 6.92 Å². The van der Waals surface area contributed by atoms with E-state index in [1.807, 2.05) is 0 Å². The normalized spacial score (nSPS) is 14.0. The average molecular weight is 293 g/mol. The second kappa shape index (κ2) is 6.68. The minimum atomic E-state index is -1.59. The summed E-state index contributed by atoms with van der Waals surface area (Å²) in [6, 6.07) is 0. The average Bonchev–Trinajstić information content (AvgIpc) is 1.98. The van der Waals surface area contributed by atoms with Crippen LogP contribution in [0.3, 0.4) is 0 Å². The van der Waals surface area contributed by atoms with Crippen LogP contribution in [-0.4, -0.2) is 28.3 Å². The summed E-state index contributed by atoms with van der Waals surface area (Å²) in [5.41, 5.74) is 0. The lowest BCUT2D eigenvalue weighted by atomic mass is 10.2. The molecule has 0 aliphatic rings. The van der Waals surface area contributed by atoms with Gasteiger partial charge in [0.05, 0.1) is 0 Å². The van der Waals surface area contributed by atoms with Crippen LogP contribution in [0.5, 0.6) is 0 Å². The van der Waals surface area contributed by atoms with Crippen molar-refractivity contribution >= 4 is 16.6 Å². The van der Waals surface area contributed by atoms with Crippen LogP contribution in [0.25, 0.3) is 0 Å². The highest BCUT2D eigenvalue weighted by molar-refractivity contribution is 6.87. The van der Waals surface area contributed by atoms with Gasteiger partial charge >= 0.3 is 0 Å². The minimum Gasteiger partial charge on any atom is -0.455 e. The van der Waals surface area contributed by atoms with Crippen LogP contribution in [0, 0.1) is 0 Å². The molecule has 0 aromatic heterocycles. The van der Waals surface area contributed by atoms with Gasteiger partial charge in [-0.2, -0.15) is 0 Å². The van der Waals surface area contributed by atoms with Crippen molar-refractivity contribution in [3.63, 3.8) is 0 Å². The van der Waals surface area contributed by atoms with E-state index >= 15 is 0 Å². The molecule has 0 fully saturated rings. The van der Waals surface area contributed by atoms with E-state index in [-0.39, 0.29) is 6.61 Å². The van der Waals surface area contributed by atoms with E-state index < -0.39 is 16.6 Å². The third-order valence-corrected chi connectivity index (χ3v) is 15.4. The molecule has 0 heterocycles. The van der Waals surface area contributed by atoms with Gasteiger partial charge in [-0.15, -0.1) is 0 Å². The van der Waals surface area contributed by atoms with Crippen LogP contribution in [0.15, 0.2) is 0 Å². The van der Waals surface area contributed by atoms with Crippen LogP contribution in [0.1, 0.15) is 48.5 Å². The van der Waals surface area contributed by atoms with E-state index in [9.17, 15) is 0 Å². The molecule has 0 radical (unpaired) electrons. The van der Waals surface area contributed by atoms with E-state index in [1.165, 1.54) is 0 Å². The van der Waals surface area contributed by atoms with Gasteiger partial charge < -0.3 is 9.22 Å². The molecule has 0 aromatic carbocycles. The highest BCUT2D eigenvalue weighted by Crippen LogP contribution is 2.44. The monoisotopic (exact) mass is 292 g/mol. The first-order chi connectivity index (χ1) is 7.62. The maximum Gasteiger partial charge on any atom is 0.178 e. The van der Waals surface area contributed by atoms with Gasteiger partial charge in [0.1, 0.15) is 0 Å². The Morgan fingerprint density at radius 3 is 1.06 bits per heavy atom. The Balaban J connectivity index is 0. The van der Waals surface area contributed by atoms with Crippen LogP contribution in [-0.2, 0) is 4.12 Å². The number of aliphatic hydroxyl groups excluding tert-OH is 1. The van der Waals surface area contributed by atoms with Crippen molar-refractivity contribution < 1.29 is 9.22 Å². The molecule has 0 saturated carbocycles. The summed E-state index contributed by atoms with van der Waals surface area (Å²) in [6.07, 6.45) is 0. The highest BCUT2D eigenvalue weighted by atomic mass is 28.4.